The Bertz CT molecular complexity index is 799. The van der Waals surface area contributed by atoms with Gasteiger partial charge in [-0.15, -0.1) is 10.5 Å². The van der Waals surface area contributed by atoms with E-state index in [-0.39, 0.29) is 10.3 Å². The minimum atomic E-state index is -1.02. The number of hydrogen-bond acceptors (Lipinski definition) is 5. The Morgan fingerprint density at radius 1 is 1.18 bits per heavy atom. The summed E-state index contributed by atoms with van der Waals surface area (Å²) in [6.07, 6.45) is 2.05. The summed E-state index contributed by atoms with van der Waals surface area (Å²) in [4.78, 5) is 25.6. The van der Waals surface area contributed by atoms with E-state index in [2.05, 4.69) is 13.8 Å². The summed E-state index contributed by atoms with van der Waals surface area (Å²) in [5, 5.41) is 10.9. The molecular formula is C21H27FO5S. The molecule has 1 unspecified atom stereocenters. The SMILES string of the molecule is COC(=O)C(C(=O)OC)=S(C[C@]12CC[C@H](C[C@H]1O)C2(C)C)c1ccc(F)cc1. The van der Waals surface area contributed by atoms with Crippen molar-refractivity contribution < 1.29 is 28.6 Å². The Balaban J connectivity index is 2.19. The fraction of sp³-hybridized carbons (Fsp3) is 0.571. The molecule has 1 aromatic carbocycles. The number of aliphatic hydroxyl groups is 1. The van der Waals surface area contributed by atoms with Gasteiger partial charge in [0.15, 0.2) is 4.86 Å². The maximum absolute atomic E-state index is 13.5. The molecule has 1 aromatic rings. The monoisotopic (exact) mass is 410 g/mol. The molecule has 2 aliphatic rings. The predicted molar refractivity (Wildman–Crippen MR) is 106 cm³/mol. The first-order valence-corrected chi connectivity index (χ1v) is 10.8. The molecule has 154 valence electrons. The van der Waals surface area contributed by atoms with Crippen molar-refractivity contribution >= 4 is 27.3 Å². The number of esters is 2. The first-order chi connectivity index (χ1) is 13.2. The molecule has 2 saturated carbocycles. The highest BCUT2D eigenvalue weighted by molar-refractivity contribution is 8.18. The molecule has 0 radical (unpaired) electrons. The third kappa shape index (κ3) is 3.18. The Morgan fingerprint density at radius 2 is 1.75 bits per heavy atom. The number of carbonyl (C=O) groups is 2. The van der Waals surface area contributed by atoms with Gasteiger partial charge in [-0.3, -0.25) is 0 Å². The molecule has 2 bridgehead atoms. The van der Waals surface area contributed by atoms with E-state index in [0.29, 0.717) is 16.6 Å². The molecule has 28 heavy (non-hydrogen) atoms. The van der Waals surface area contributed by atoms with Crippen LogP contribution in [0.3, 0.4) is 0 Å². The summed E-state index contributed by atoms with van der Waals surface area (Å²) in [7, 11) is 1.41. The van der Waals surface area contributed by atoms with Crippen LogP contribution in [0, 0.1) is 22.6 Å². The van der Waals surface area contributed by atoms with E-state index < -0.39 is 39.8 Å². The third-order valence-electron chi connectivity index (χ3n) is 6.88. The number of rotatable bonds is 5. The van der Waals surface area contributed by atoms with Crippen LogP contribution in [0.15, 0.2) is 29.2 Å². The van der Waals surface area contributed by atoms with Gasteiger partial charge in [0.05, 0.1) is 20.3 Å². The van der Waals surface area contributed by atoms with Crippen molar-refractivity contribution in [3.8, 4) is 0 Å². The summed E-state index contributed by atoms with van der Waals surface area (Å²) in [5.41, 5.74) is -0.558. The number of aliphatic hydroxyl groups excluding tert-OH is 1. The van der Waals surface area contributed by atoms with E-state index in [1.165, 1.54) is 26.4 Å². The lowest BCUT2D eigenvalue weighted by Crippen LogP contribution is -2.42. The van der Waals surface area contributed by atoms with Gasteiger partial charge in [-0.1, -0.05) is 13.8 Å². The molecule has 7 heteroatoms. The van der Waals surface area contributed by atoms with Crippen molar-refractivity contribution in [2.75, 3.05) is 20.0 Å². The minimum Gasteiger partial charge on any atom is -0.465 e. The van der Waals surface area contributed by atoms with Gasteiger partial charge < -0.3 is 14.6 Å². The second-order valence-electron chi connectivity index (χ2n) is 8.17. The van der Waals surface area contributed by atoms with Gasteiger partial charge in [-0.05, 0) is 54.9 Å². The summed E-state index contributed by atoms with van der Waals surface area (Å²) >= 11 is 0. The van der Waals surface area contributed by atoms with E-state index in [0.717, 1.165) is 19.3 Å². The average Bonchev–Trinajstić information content (AvgIpc) is 3.02. The zero-order valence-electron chi connectivity index (χ0n) is 16.7. The van der Waals surface area contributed by atoms with Crippen molar-refractivity contribution in [1.82, 2.24) is 0 Å². The number of hydrogen-bond donors (Lipinski definition) is 1. The molecule has 0 heterocycles. The summed E-state index contributed by atoms with van der Waals surface area (Å²) < 4.78 is 23.3. The molecule has 4 atom stereocenters. The van der Waals surface area contributed by atoms with Crippen molar-refractivity contribution in [3.63, 3.8) is 0 Å². The third-order valence-corrected chi connectivity index (χ3v) is 9.35. The van der Waals surface area contributed by atoms with Gasteiger partial charge in [-0.25, -0.2) is 14.0 Å². The van der Waals surface area contributed by atoms with Crippen molar-refractivity contribution in [3.05, 3.63) is 30.1 Å². The Morgan fingerprint density at radius 3 is 2.18 bits per heavy atom. The number of carbonyl (C=O) groups excluding carboxylic acids is 2. The summed E-state index contributed by atoms with van der Waals surface area (Å²) in [5.74, 6) is -1.08. The maximum Gasteiger partial charge on any atom is 0.351 e. The van der Waals surface area contributed by atoms with Gasteiger partial charge in [0.25, 0.3) is 0 Å². The minimum absolute atomic E-state index is 0.0932. The first kappa shape index (κ1) is 21.0. The number of halogens is 1. The summed E-state index contributed by atoms with van der Waals surface area (Å²) in [6.45, 7) is 4.31. The quantitative estimate of drug-likeness (QED) is 0.459. The van der Waals surface area contributed by atoms with Crippen LogP contribution in [0.1, 0.15) is 33.1 Å². The van der Waals surface area contributed by atoms with E-state index in [1.54, 1.807) is 12.1 Å². The second kappa shape index (κ2) is 7.59. The normalized spacial score (nSPS) is 28.6. The highest BCUT2D eigenvalue weighted by Gasteiger charge is 2.63. The fourth-order valence-corrected chi connectivity index (χ4v) is 7.78. The van der Waals surface area contributed by atoms with Crippen LogP contribution >= 0.6 is 10.5 Å². The van der Waals surface area contributed by atoms with Gasteiger partial charge in [0.2, 0.25) is 0 Å². The predicted octanol–water partition coefficient (Wildman–Crippen LogP) is 3.16. The summed E-state index contributed by atoms with van der Waals surface area (Å²) in [6, 6.07) is 5.79. The zero-order chi connectivity index (χ0) is 20.7. The maximum atomic E-state index is 13.5. The molecule has 0 amide bonds. The van der Waals surface area contributed by atoms with Crippen LogP contribution in [0.5, 0.6) is 0 Å². The highest BCUT2D eigenvalue weighted by atomic mass is 32.2. The zero-order valence-corrected chi connectivity index (χ0v) is 17.5. The van der Waals surface area contributed by atoms with Gasteiger partial charge in [0, 0.05) is 16.1 Å². The number of fused-ring (bicyclic) bond motifs is 2. The highest BCUT2D eigenvalue weighted by Crippen LogP contribution is 2.67. The Kier molecular flexibility index (Phi) is 5.69. The van der Waals surface area contributed by atoms with Gasteiger partial charge >= 0.3 is 11.9 Å². The molecule has 2 aliphatic carbocycles. The average molecular weight is 411 g/mol. The van der Waals surface area contributed by atoms with E-state index >= 15 is 0 Å². The molecule has 0 aromatic heterocycles. The van der Waals surface area contributed by atoms with E-state index in [1.807, 2.05) is 0 Å². The lowest BCUT2D eigenvalue weighted by atomic mass is 9.70. The van der Waals surface area contributed by atoms with Crippen LogP contribution in [0.25, 0.3) is 0 Å². The van der Waals surface area contributed by atoms with Crippen LogP contribution in [-0.2, 0) is 19.1 Å². The lowest BCUT2D eigenvalue weighted by molar-refractivity contribution is -0.137. The molecule has 1 N–H and O–H groups in total. The molecule has 0 spiro atoms. The molecule has 0 aliphatic heterocycles. The van der Waals surface area contributed by atoms with Gasteiger partial charge in [0.1, 0.15) is 5.82 Å². The number of ether oxygens (including phenoxy) is 2. The smallest absolute Gasteiger partial charge is 0.351 e. The molecule has 3 rings (SSSR count). The number of methoxy groups -OCH3 is 2. The van der Waals surface area contributed by atoms with E-state index in [9.17, 15) is 19.1 Å². The van der Waals surface area contributed by atoms with Crippen LogP contribution < -0.4 is 0 Å². The molecular weight excluding hydrogens is 383 g/mol. The van der Waals surface area contributed by atoms with Crippen LogP contribution in [-0.4, -0.2) is 48.0 Å². The molecule has 5 nitrogen and oxygen atoms in total. The Hall–Kier alpha value is -1.73. The molecule has 2 fully saturated rings. The van der Waals surface area contributed by atoms with E-state index in [4.69, 9.17) is 9.47 Å². The first-order valence-electron chi connectivity index (χ1n) is 9.36. The number of benzene rings is 1. The van der Waals surface area contributed by atoms with Crippen molar-refractivity contribution in [2.24, 2.45) is 16.7 Å². The van der Waals surface area contributed by atoms with Crippen LogP contribution in [0.2, 0.25) is 0 Å². The largest absolute Gasteiger partial charge is 0.465 e. The van der Waals surface area contributed by atoms with Gasteiger partial charge in [-0.2, -0.15) is 0 Å². The Labute approximate surface area is 167 Å². The van der Waals surface area contributed by atoms with Crippen molar-refractivity contribution in [2.45, 2.75) is 44.1 Å². The van der Waals surface area contributed by atoms with Crippen molar-refractivity contribution in [1.29, 1.82) is 0 Å². The standard InChI is InChI=1S/C21H27FO5S/c1-20(2)13-9-10-21(20,16(23)11-13)12-28(15-7-5-14(22)6-8-15)17(18(24)26-3)19(25)27-4/h5-8,13,16,23H,9-12H2,1-4H3/t13-,16-,21-,28?/m1/s1. The topological polar surface area (TPSA) is 72.8 Å². The second-order valence-corrected chi connectivity index (χ2v) is 10.1. The molecule has 0 saturated heterocycles. The fourth-order valence-electron chi connectivity index (χ4n) is 4.98. The lowest BCUT2D eigenvalue weighted by Gasteiger charge is -2.41. The van der Waals surface area contributed by atoms with Crippen LogP contribution in [0.4, 0.5) is 4.39 Å².